The first-order valence-electron chi connectivity index (χ1n) is 4.74. The third-order valence-corrected chi connectivity index (χ3v) is 4.45. The summed E-state index contributed by atoms with van der Waals surface area (Å²) < 4.78 is 25.5. The number of rotatable bonds is 5. The van der Waals surface area contributed by atoms with Gasteiger partial charge in [-0.2, -0.15) is 4.31 Å². The summed E-state index contributed by atoms with van der Waals surface area (Å²) in [5.74, 6) is 0. The van der Waals surface area contributed by atoms with E-state index in [1.54, 1.807) is 6.92 Å². The molecule has 0 radical (unpaired) electrons. The number of hydrogen-bond donors (Lipinski definition) is 0. The molecule has 0 aliphatic carbocycles. The van der Waals surface area contributed by atoms with Gasteiger partial charge in [-0.05, 0) is 6.07 Å². The Balaban J connectivity index is 3.20. The van der Waals surface area contributed by atoms with Crippen molar-refractivity contribution in [1.29, 1.82) is 0 Å². The van der Waals surface area contributed by atoms with Crippen molar-refractivity contribution in [2.45, 2.75) is 11.8 Å². The first-order valence-corrected chi connectivity index (χ1v) is 6.56. The molecule has 0 fully saturated rings. The van der Waals surface area contributed by atoms with Crippen molar-refractivity contribution >= 4 is 21.6 Å². The summed E-state index contributed by atoms with van der Waals surface area (Å²) in [7, 11) is -3.58. The highest BCUT2D eigenvalue weighted by atomic mass is 35.5. The first-order chi connectivity index (χ1) is 7.54. The maximum atomic E-state index is 12.1. The third-order valence-electron chi connectivity index (χ3n) is 2.04. The minimum Gasteiger partial charge on any atom is -0.263 e. The van der Waals surface area contributed by atoms with Crippen LogP contribution in [0.5, 0.6) is 0 Å². The van der Waals surface area contributed by atoms with Crippen LogP contribution in [0.25, 0.3) is 0 Å². The monoisotopic (exact) mass is 260 g/mol. The molecule has 0 saturated carbocycles. The van der Waals surface area contributed by atoms with Crippen LogP contribution in [-0.2, 0) is 10.0 Å². The summed E-state index contributed by atoms with van der Waals surface area (Å²) in [5.41, 5.74) is 0. The van der Waals surface area contributed by atoms with Gasteiger partial charge in [0, 0.05) is 25.5 Å². The zero-order valence-electron chi connectivity index (χ0n) is 8.93. The van der Waals surface area contributed by atoms with Gasteiger partial charge in [0.2, 0.25) is 10.0 Å². The molecule has 0 N–H and O–H groups in total. The minimum atomic E-state index is -3.58. The van der Waals surface area contributed by atoms with E-state index in [-0.39, 0.29) is 16.5 Å². The predicted molar refractivity (Wildman–Crippen MR) is 63.9 cm³/mol. The largest absolute Gasteiger partial charge is 0.263 e. The molecule has 0 saturated heterocycles. The molecule has 88 valence electrons. The van der Waals surface area contributed by atoms with E-state index in [1.807, 2.05) is 0 Å². The van der Waals surface area contributed by atoms with Crippen molar-refractivity contribution < 1.29 is 8.42 Å². The summed E-state index contributed by atoms with van der Waals surface area (Å²) in [6.45, 7) is 5.89. The molecule has 16 heavy (non-hydrogen) atoms. The summed E-state index contributed by atoms with van der Waals surface area (Å²) in [6.07, 6.45) is 4.24. The van der Waals surface area contributed by atoms with Gasteiger partial charge in [-0.15, -0.1) is 6.58 Å². The van der Waals surface area contributed by atoms with Crippen LogP contribution in [0.3, 0.4) is 0 Å². The molecule has 0 atom stereocenters. The second-order valence-electron chi connectivity index (χ2n) is 3.05. The van der Waals surface area contributed by atoms with Gasteiger partial charge in [-0.25, -0.2) is 8.42 Å². The Morgan fingerprint density at radius 1 is 1.62 bits per heavy atom. The third kappa shape index (κ3) is 2.61. The Morgan fingerprint density at radius 3 is 2.81 bits per heavy atom. The Morgan fingerprint density at radius 2 is 2.31 bits per heavy atom. The Bertz CT molecular complexity index is 473. The number of likely N-dealkylation sites (N-methyl/N-ethyl adjacent to an activating group) is 1. The fourth-order valence-electron chi connectivity index (χ4n) is 1.23. The lowest BCUT2D eigenvalue weighted by Crippen LogP contribution is -2.31. The molecule has 0 aromatic carbocycles. The average Bonchev–Trinajstić information content (AvgIpc) is 2.26. The van der Waals surface area contributed by atoms with Gasteiger partial charge in [-0.3, -0.25) is 4.98 Å². The van der Waals surface area contributed by atoms with Crippen molar-refractivity contribution in [1.82, 2.24) is 9.29 Å². The van der Waals surface area contributed by atoms with E-state index in [1.165, 1.54) is 28.8 Å². The van der Waals surface area contributed by atoms with E-state index in [9.17, 15) is 8.42 Å². The number of sulfonamides is 1. The van der Waals surface area contributed by atoms with Gasteiger partial charge in [0.05, 0.1) is 5.02 Å². The molecule has 6 heteroatoms. The molecular formula is C10H13ClN2O2S. The zero-order valence-corrected chi connectivity index (χ0v) is 10.5. The highest BCUT2D eigenvalue weighted by Gasteiger charge is 2.24. The van der Waals surface area contributed by atoms with Crippen LogP contribution in [0, 0.1) is 0 Å². The van der Waals surface area contributed by atoms with Gasteiger partial charge in [0.15, 0.2) is 0 Å². The van der Waals surface area contributed by atoms with Gasteiger partial charge < -0.3 is 0 Å². The summed E-state index contributed by atoms with van der Waals surface area (Å²) >= 11 is 5.84. The molecular weight excluding hydrogens is 248 g/mol. The molecule has 1 heterocycles. The Kier molecular flexibility index (Phi) is 4.46. The fourth-order valence-corrected chi connectivity index (χ4v) is 3.06. The highest BCUT2D eigenvalue weighted by Crippen LogP contribution is 2.22. The van der Waals surface area contributed by atoms with E-state index in [0.717, 1.165) is 0 Å². The lowest BCUT2D eigenvalue weighted by atomic mass is 10.5. The van der Waals surface area contributed by atoms with Gasteiger partial charge in [0.1, 0.15) is 4.90 Å². The Labute approximate surface area is 101 Å². The van der Waals surface area contributed by atoms with E-state index in [0.29, 0.717) is 6.54 Å². The molecule has 0 spiro atoms. The summed E-state index contributed by atoms with van der Waals surface area (Å²) in [4.78, 5) is 3.80. The molecule has 4 nitrogen and oxygen atoms in total. The topological polar surface area (TPSA) is 50.3 Å². The van der Waals surface area contributed by atoms with Crippen LogP contribution in [0.15, 0.2) is 36.0 Å². The summed E-state index contributed by atoms with van der Waals surface area (Å²) in [6, 6.07) is 1.45. The lowest BCUT2D eigenvalue weighted by molar-refractivity contribution is 0.459. The maximum Gasteiger partial charge on any atom is 0.246 e. The van der Waals surface area contributed by atoms with Crippen LogP contribution < -0.4 is 0 Å². The van der Waals surface area contributed by atoms with E-state index in [4.69, 9.17) is 11.6 Å². The average molecular weight is 261 g/mol. The number of pyridine rings is 1. The maximum absolute atomic E-state index is 12.1. The minimum absolute atomic E-state index is 0.0281. The van der Waals surface area contributed by atoms with Crippen LogP contribution in [0.1, 0.15) is 6.92 Å². The molecule has 0 bridgehead atoms. The molecule has 1 rings (SSSR count). The van der Waals surface area contributed by atoms with Crippen LogP contribution in [-0.4, -0.2) is 30.8 Å². The SMILES string of the molecule is C=CCN(CC)S(=O)(=O)c1cnccc1Cl. The van der Waals surface area contributed by atoms with Crippen molar-refractivity contribution in [3.63, 3.8) is 0 Å². The van der Waals surface area contributed by atoms with E-state index < -0.39 is 10.0 Å². The highest BCUT2D eigenvalue weighted by molar-refractivity contribution is 7.89. The van der Waals surface area contributed by atoms with Crippen LogP contribution in [0.4, 0.5) is 0 Å². The Hall–Kier alpha value is -0.910. The van der Waals surface area contributed by atoms with Crippen molar-refractivity contribution in [3.05, 3.63) is 36.1 Å². The van der Waals surface area contributed by atoms with Crippen molar-refractivity contribution in [2.75, 3.05) is 13.1 Å². The molecule has 0 unspecified atom stereocenters. The number of halogens is 1. The number of hydrogen-bond acceptors (Lipinski definition) is 3. The normalized spacial score (nSPS) is 11.7. The second-order valence-corrected chi connectivity index (χ2v) is 5.36. The van der Waals surface area contributed by atoms with Crippen molar-refractivity contribution in [3.8, 4) is 0 Å². The smallest absolute Gasteiger partial charge is 0.246 e. The number of nitrogens with zero attached hydrogens (tertiary/aromatic N) is 2. The molecule has 0 aliphatic rings. The zero-order chi connectivity index (χ0) is 12.2. The predicted octanol–water partition coefficient (Wildman–Crippen LogP) is 1.93. The van der Waals surface area contributed by atoms with Gasteiger partial charge in [0.25, 0.3) is 0 Å². The van der Waals surface area contributed by atoms with E-state index >= 15 is 0 Å². The fraction of sp³-hybridized carbons (Fsp3) is 0.300. The van der Waals surface area contributed by atoms with Gasteiger partial charge >= 0.3 is 0 Å². The number of aromatic nitrogens is 1. The van der Waals surface area contributed by atoms with Crippen LogP contribution in [0.2, 0.25) is 5.02 Å². The van der Waals surface area contributed by atoms with Crippen LogP contribution >= 0.6 is 11.6 Å². The standard InChI is InChI=1S/C10H13ClN2O2S/c1-3-7-13(4-2)16(14,15)10-8-12-6-5-9(10)11/h3,5-6,8H,1,4,7H2,2H3. The second kappa shape index (κ2) is 5.43. The quantitative estimate of drug-likeness (QED) is 0.760. The van der Waals surface area contributed by atoms with Crippen molar-refractivity contribution in [2.24, 2.45) is 0 Å². The first kappa shape index (κ1) is 13.2. The molecule has 0 aliphatic heterocycles. The van der Waals surface area contributed by atoms with Gasteiger partial charge in [-0.1, -0.05) is 24.6 Å². The molecule has 1 aromatic rings. The van der Waals surface area contributed by atoms with E-state index in [2.05, 4.69) is 11.6 Å². The molecule has 1 aromatic heterocycles. The summed E-state index contributed by atoms with van der Waals surface area (Å²) in [5, 5.41) is 0.178. The molecule has 0 amide bonds. The lowest BCUT2D eigenvalue weighted by Gasteiger charge is -2.18.